The Labute approximate surface area is 76.5 Å². The highest BCUT2D eigenvalue weighted by atomic mass is 16.4. The predicted octanol–water partition coefficient (Wildman–Crippen LogP) is 0.124. The van der Waals surface area contributed by atoms with E-state index in [1.165, 1.54) is 0 Å². The van der Waals surface area contributed by atoms with E-state index < -0.39 is 11.9 Å². The van der Waals surface area contributed by atoms with Crippen LogP contribution in [0.4, 0.5) is 0 Å². The van der Waals surface area contributed by atoms with Crippen LogP contribution in [0.1, 0.15) is 19.3 Å². The van der Waals surface area contributed by atoms with Crippen LogP contribution in [-0.4, -0.2) is 40.9 Å². The molecule has 2 heterocycles. The van der Waals surface area contributed by atoms with Gasteiger partial charge in [-0.05, 0) is 19.4 Å². The van der Waals surface area contributed by atoms with Crippen molar-refractivity contribution in [2.24, 2.45) is 5.92 Å². The molecule has 0 amide bonds. The van der Waals surface area contributed by atoms with Gasteiger partial charge in [-0.15, -0.1) is 0 Å². The highest BCUT2D eigenvalue weighted by Gasteiger charge is 2.44. The number of carboxylic acids is 1. The third-order valence-corrected chi connectivity index (χ3v) is 3.00. The van der Waals surface area contributed by atoms with Crippen LogP contribution in [-0.2, 0) is 9.59 Å². The number of fused-ring (bicyclic) bond motifs is 1. The molecule has 0 saturated carbocycles. The number of carboxylic acid groups (broad SMARTS) is 1. The summed E-state index contributed by atoms with van der Waals surface area (Å²) in [5.41, 5.74) is 0. The smallest absolute Gasteiger partial charge is 0.315 e. The zero-order chi connectivity index (χ0) is 9.42. The first kappa shape index (κ1) is 8.69. The Morgan fingerprint density at radius 3 is 2.85 bits per heavy atom. The van der Waals surface area contributed by atoms with Crippen LogP contribution in [0.3, 0.4) is 0 Å². The van der Waals surface area contributed by atoms with Gasteiger partial charge < -0.3 is 5.11 Å². The van der Waals surface area contributed by atoms with E-state index in [1.807, 2.05) is 4.90 Å². The van der Waals surface area contributed by atoms with Crippen molar-refractivity contribution in [1.29, 1.82) is 0 Å². The topological polar surface area (TPSA) is 57.6 Å². The summed E-state index contributed by atoms with van der Waals surface area (Å²) in [5, 5.41) is 8.78. The number of carbonyl (C=O) groups excluding carboxylic acids is 1. The maximum Gasteiger partial charge on any atom is 0.315 e. The molecular formula is C9H13NO3. The Bertz CT molecular complexity index is 251. The number of hydrogen-bond acceptors (Lipinski definition) is 3. The molecule has 0 spiro atoms. The standard InChI is InChI=1S/C9H13NO3/c11-8-6(9(12)13)5-10-4-2-1-3-7(8)10/h6-7H,1-5H2,(H,12,13). The maximum atomic E-state index is 11.6. The van der Waals surface area contributed by atoms with E-state index in [9.17, 15) is 9.59 Å². The number of ketones is 1. The molecule has 72 valence electrons. The van der Waals surface area contributed by atoms with E-state index in [1.54, 1.807) is 0 Å². The Hall–Kier alpha value is -0.900. The SMILES string of the molecule is O=C(O)C1CN2CCCCC2C1=O. The molecule has 2 atom stereocenters. The minimum absolute atomic E-state index is 0.0767. The number of piperidine rings is 1. The number of aliphatic carboxylic acids is 1. The van der Waals surface area contributed by atoms with E-state index >= 15 is 0 Å². The van der Waals surface area contributed by atoms with Crippen molar-refractivity contribution < 1.29 is 14.7 Å². The highest BCUT2D eigenvalue weighted by molar-refractivity contribution is 6.03. The lowest BCUT2D eigenvalue weighted by Crippen LogP contribution is -2.37. The van der Waals surface area contributed by atoms with Crippen LogP contribution in [0.5, 0.6) is 0 Å². The molecule has 0 aromatic rings. The van der Waals surface area contributed by atoms with Gasteiger partial charge in [-0.3, -0.25) is 14.5 Å². The van der Waals surface area contributed by atoms with Gasteiger partial charge in [-0.1, -0.05) is 6.42 Å². The van der Waals surface area contributed by atoms with Crippen LogP contribution in [0, 0.1) is 5.92 Å². The Kier molecular flexibility index (Phi) is 2.07. The van der Waals surface area contributed by atoms with Crippen LogP contribution in [0.15, 0.2) is 0 Å². The van der Waals surface area contributed by atoms with Crippen LogP contribution in [0.2, 0.25) is 0 Å². The number of nitrogens with zero attached hydrogens (tertiary/aromatic N) is 1. The molecule has 4 nitrogen and oxygen atoms in total. The minimum atomic E-state index is -0.959. The van der Waals surface area contributed by atoms with Gasteiger partial charge in [-0.2, -0.15) is 0 Å². The Morgan fingerprint density at radius 1 is 1.46 bits per heavy atom. The van der Waals surface area contributed by atoms with Gasteiger partial charge in [0.15, 0.2) is 5.78 Å². The Balaban J connectivity index is 2.14. The molecule has 1 N–H and O–H groups in total. The number of hydrogen-bond donors (Lipinski definition) is 1. The van der Waals surface area contributed by atoms with Gasteiger partial charge in [0.1, 0.15) is 5.92 Å². The third kappa shape index (κ3) is 1.35. The first-order valence-electron chi connectivity index (χ1n) is 4.71. The predicted molar refractivity (Wildman–Crippen MR) is 45.3 cm³/mol. The van der Waals surface area contributed by atoms with E-state index in [0.29, 0.717) is 6.54 Å². The van der Waals surface area contributed by atoms with Gasteiger partial charge in [0.25, 0.3) is 0 Å². The largest absolute Gasteiger partial charge is 0.481 e. The van der Waals surface area contributed by atoms with E-state index in [-0.39, 0.29) is 11.8 Å². The van der Waals surface area contributed by atoms with Gasteiger partial charge in [0.05, 0.1) is 6.04 Å². The summed E-state index contributed by atoms with van der Waals surface area (Å²) in [6.07, 6.45) is 3.00. The fourth-order valence-corrected chi connectivity index (χ4v) is 2.29. The maximum absolute atomic E-state index is 11.6. The van der Waals surface area contributed by atoms with E-state index in [0.717, 1.165) is 25.8 Å². The average molecular weight is 183 g/mol. The lowest BCUT2D eigenvalue weighted by molar-refractivity contribution is -0.144. The van der Waals surface area contributed by atoms with Crippen LogP contribution >= 0.6 is 0 Å². The molecule has 0 aliphatic carbocycles. The van der Waals surface area contributed by atoms with Gasteiger partial charge in [0.2, 0.25) is 0 Å². The quantitative estimate of drug-likeness (QED) is 0.587. The molecule has 0 radical (unpaired) electrons. The molecule has 13 heavy (non-hydrogen) atoms. The number of carbonyl (C=O) groups is 2. The average Bonchev–Trinajstić information content (AvgIpc) is 2.45. The second kappa shape index (κ2) is 3.10. The van der Waals surface area contributed by atoms with Crippen LogP contribution in [0.25, 0.3) is 0 Å². The lowest BCUT2D eigenvalue weighted by atomic mass is 9.98. The summed E-state index contributed by atoms with van der Waals surface area (Å²) >= 11 is 0. The molecule has 4 heteroatoms. The van der Waals surface area contributed by atoms with Crippen molar-refractivity contribution in [2.75, 3.05) is 13.1 Å². The number of Topliss-reactive ketones (excluding diaryl/α,β-unsaturated/α-hetero) is 1. The van der Waals surface area contributed by atoms with E-state index in [2.05, 4.69) is 0 Å². The zero-order valence-corrected chi connectivity index (χ0v) is 7.40. The van der Waals surface area contributed by atoms with Crippen molar-refractivity contribution >= 4 is 11.8 Å². The summed E-state index contributed by atoms with van der Waals surface area (Å²) < 4.78 is 0. The molecule has 2 aliphatic rings. The van der Waals surface area contributed by atoms with Crippen LogP contribution < -0.4 is 0 Å². The summed E-state index contributed by atoms with van der Waals surface area (Å²) in [7, 11) is 0. The van der Waals surface area contributed by atoms with E-state index in [4.69, 9.17) is 5.11 Å². The highest BCUT2D eigenvalue weighted by Crippen LogP contribution is 2.27. The Morgan fingerprint density at radius 2 is 2.23 bits per heavy atom. The normalized spacial score (nSPS) is 34.6. The fraction of sp³-hybridized carbons (Fsp3) is 0.778. The molecule has 2 saturated heterocycles. The summed E-state index contributed by atoms with van der Waals surface area (Å²) in [6.45, 7) is 1.32. The number of rotatable bonds is 1. The molecule has 2 unspecified atom stereocenters. The second-order valence-electron chi connectivity index (χ2n) is 3.80. The summed E-state index contributed by atoms with van der Waals surface area (Å²) in [5.74, 6) is -1.80. The zero-order valence-electron chi connectivity index (χ0n) is 7.40. The molecular weight excluding hydrogens is 170 g/mol. The molecule has 0 aromatic carbocycles. The lowest BCUT2D eigenvalue weighted by Gasteiger charge is -2.27. The monoisotopic (exact) mass is 183 g/mol. The molecule has 2 aliphatic heterocycles. The van der Waals surface area contributed by atoms with Crippen molar-refractivity contribution in [2.45, 2.75) is 25.3 Å². The van der Waals surface area contributed by atoms with Crippen molar-refractivity contribution in [3.05, 3.63) is 0 Å². The minimum Gasteiger partial charge on any atom is -0.481 e. The first-order valence-corrected chi connectivity index (χ1v) is 4.71. The molecule has 2 fully saturated rings. The van der Waals surface area contributed by atoms with Gasteiger partial charge >= 0.3 is 5.97 Å². The van der Waals surface area contributed by atoms with Crippen molar-refractivity contribution in [3.8, 4) is 0 Å². The molecule has 2 rings (SSSR count). The molecule has 0 bridgehead atoms. The second-order valence-corrected chi connectivity index (χ2v) is 3.80. The molecule has 0 aromatic heterocycles. The van der Waals surface area contributed by atoms with Gasteiger partial charge in [0, 0.05) is 6.54 Å². The first-order chi connectivity index (χ1) is 6.20. The summed E-state index contributed by atoms with van der Waals surface area (Å²) in [6, 6.07) is -0.0881. The van der Waals surface area contributed by atoms with Crippen molar-refractivity contribution in [1.82, 2.24) is 4.90 Å². The fourth-order valence-electron chi connectivity index (χ4n) is 2.29. The van der Waals surface area contributed by atoms with Crippen molar-refractivity contribution in [3.63, 3.8) is 0 Å². The summed E-state index contributed by atoms with van der Waals surface area (Å²) in [4.78, 5) is 24.3. The van der Waals surface area contributed by atoms with Gasteiger partial charge in [-0.25, -0.2) is 0 Å². The third-order valence-electron chi connectivity index (χ3n) is 3.00.